The summed E-state index contributed by atoms with van der Waals surface area (Å²) in [5.74, 6) is 0.184. The third-order valence-electron chi connectivity index (χ3n) is 4.46. The zero-order valence-corrected chi connectivity index (χ0v) is 14.2. The van der Waals surface area contributed by atoms with Crippen LogP contribution in [0.4, 0.5) is 11.4 Å². The van der Waals surface area contributed by atoms with Crippen molar-refractivity contribution >= 4 is 23.2 Å². The monoisotopic (exact) mass is 337 g/mol. The molecular formula is C20H23N3O2. The van der Waals surface area contributed by atoms with Crippen molar-refractivity contribution in [1.29, 1.82) is 0 Å². The molecule has 0 unspecified atom stereocenters. The number of carbonyl (C=O) groups excluding carboxylic acids is 2. The van der Waals surface area contributed by atoms with Crippen LogP contribution < -0.4 is 11.1 Å². The highest BCUT2D eigenvalue weighted by molar-refractivity contribution is 5.90. The van der Waals surface area contributed by atoms with Crippen molar-refractivity contribution in [3.63, 3.8) is 0 Å². The fourth-order valence-electron chi connectivity index (χ4n) is 3.02. The third-order valence-corrected chi connectivity index (χ3v) is 4.46. The summed E-state index contributed by atoms with van der Waals surface area (Å²) < 4.78 is 0. The molecule has 1 aliphatic heterocycles. The first-order valence-electron chi connectivity index (χ1n) is 8.62. The Morgan fingerprint density at radius 3 is 2.56 bits per heavy atom. The number of nitrogen functional groups attached to an aromatic ring is 1. The van der Waals surface area contributed by atoms with Gasteiger partial charge in [-0.2, -0.15) is 0 Å². The van der Waals surface area contributed by atoms with E-state index in [1.54, 1.807) is 0 Å². The number of carbonyl (C=O) groups is 2. The van der Waals surface area contributed by atoms with Crippen LogP contribution in [0.1, 0.15) is 30.4 Å². The molecule has 1 fully saturated rings. The number of benzene rings is 2. The van der Waals surface area contributed by atoms with E-state index in [-0.39, 0.29) is 11.8 Å². The maximum Gasteiger partial charge on any atom is 0.224 e. The highest BCUT2D eigenvalue weighted by Crippen LogP contribution is 2.17. The van der Waals surface area contributed by atoms with E-state index in [0.29, 0.717) is 25.8 Å². The highest BCUT2D eigenvalue weighted by atomic mass is 16.2. The lowest BCUT2D eigenvalue weighted by Gasteiger charge is -2.15. The van der Waals surface area contributed by atoms with Crippen LogP contribution in [0.5, 0.6) is 0 Å². The number of amides is 2. The molecule has 3 N–H and O–H groups in total. The number of nitrogens with two attached hydrogens (primary N) is 1. The van der Waals surface area contributed by atoms with Crippen LogP contribution in [0.2, 0.25) is 0 Å². The fourth-order valence-corrected chi connectivity index (χ4v) is 3.02. The van der Waals surface area contributed by atoms with Crippen LogP contribution in [-0.2, 0) is 22.6 Å². The van der Waals surface area contributed by atoms with Crippen LogP contribution in [0.3, 0.4) is 0 Å². The molecule has 5 heteroatoms. The normalized spacial score (nSPS) is 13.9. The maximum absolute atomic E-state index is 12.1. The maximum atomic E-state index is 12.1. The smallest absolute Gasteiger partial charge is 0.224 e. The lowest BCUT2D eigenvalue weighted by atomic mass is 10.1. The van der Waals surface area contributed by atoms with E-state index >= 15 is 0 Å². The van der Waals surface area contributed by atoms with Crippen molar-refractivity contribution in [1.82, 2.24) is 4.90 Å². The van der Waals surface area contributed by atoms with Crippen LogP contribution in [-0.4, -0.2) is 23.3 Å². The van der Waals surface area contributed by atoms with Crippen LogP contribution in [0.15, 0.2) is 48.5 Å². The minimum Gasteiger partial charge on any atom is -0.399 e. The minimum atomic E-state index is -0.0364. The first-order valence-corrected chi connectivity index (χ1v) is 8.62. The Labute approximate surface area is 147 Å². The Bertz CT molecular complexity index is 756. The van der Waals surface area contributed by atoms with E-state index < -0.39 is 0 Å². The lowest BCUT2D eigenvalue weighted by Crippen LogP contribution is -2.23. The summed E-state index contributed by atoms with van der Waals surface area (Å²) in [5.41, 5.74) is 9.44. The number of nitrogens with zero attached hydrogens (tertiary/aromatic N) is 1. The lowest BCUT2D eigenvalue weighted by molar-refractivity contribution is -0.128. The van der Waals surface area contributed by atoms with Gasteiger partial charge in [-0.15, -0.1) is 0 Å². The fraction of sp³-hybridized carbons (Fsp3) is 0.300. The molecule has 0 aliphatic carbocycles. The number of nitrogens with one attached hydrogen (secondary N) is 1. The molecular weight excluding hydrogens is 314 g/mol. The second kappa shape index (κ2) is 7.83. The zero-order valence-electron chi connectivity index (χ0n) is 14.2. The number of hydrogen-bond acceptors (Lipinski definition) is 3. The minimum absolute atomic E-state index is 0.0364. The van der Waals surface area contributed by atoms with Crippen molar-refractivity contribution in [2.45, 2.75) is 32.2 Å². The molecule has 1 aliphatic rings. The van der Waals surface area contributed by atoms with Gasteiger partial charge < -0.3 is 16.0 Å². The molecule has 2 amide bonds. The summed E-state index contributed by atoms with van der Waals surface area (Å²) in [6.07, 6.45) is 2.60. The number of rotatable bonds is 6. The summed E-state index contributed by atoms with van der Waals surface area (Å²) in [5, 5.41) is 2.90. The molecule has 0 atom stereocenters. The van der Waals surface area contributed by atoms with Gasteiger partial charge in [-0.1, -0.05) is 30.3 Å². The molecule has 0 radical (unpaired) electrons. The second-order valence-corrected chi connectivity index (χ2v) is 6.36. The van der Waals surface area contributed by atoms with Gasteiger partial charge in [0, 0.05) is 37.3 Å². The predicted molar refractivity (Wildman–Crippen MR) is 98.9 cm³/mol. The number of likely N-dealkylation sites (tertiary alicyclic amines) is 1. The number of aryl methyl sites for hydroxylation is 1. The van der Waals surface area contributed by atoms with E-state index in [1.165, 1.54) is 0 Å². The molecule has 2 aromatic rings. The Morgan fingerprint density at radius 2 is 1.88 bits per heavy atom. The van der Waals surface area contributed by atoms with Gasteiger partial charge in [0.25, 0.3) is 0 Å². The molecule has 1 heterocycles. The molecule has 5 nitrogen and oxygen atoms in total. The first kappa shape index (κ1) is 17.0. The molecule has 2 aromatic carbocycles. The van der Waals surface area contributed by atoms with Crippen molar-refractivity contribution in [2.24, 2.45) is 0 Å². The van der Waals surface area contributed by atoms with Gasteiger partial charge in [0.15, 0.2) is 0 Å². The van der Waals surface area contributed by atoms with E-state index in [4.69, 9.17) is 5.73 Å². The average Bonchev–Trinajstić information content (AvgIpc) is 3.01. The summed E-state index contributed by atoms with van der Waals surface area (Å²) in [7, 11) is 0. The number of hydrogen-bond donors (Lipinski definition) is 2. The first-order chi connectivity index (χ1) is 12.1. The summed E-state index contributed by atoms with van der Waals surface area (Å²) >= 11 is 0. The van der Waals surface area contributed by atoms with Crippen molar-refractivity contribution in [3.8, 4) is 0 Å². The number of para-hydroxylation sites is 1. The van der Waals surface area contributed by atoms with Crippen molar-refractivity contribution < 1.29 is 9.59 Å². The summed E-state index contributed by atoms with van der Waals surface area (Å²) in [4.78, 5) is 25.6. The average molecular weight is 337 g/mol. The van der Waals surface area contributed by atoms with Crippen LogP contribution >= 0.6 is 0 Å². The van der Waals surface area contributed by atoms with E-state index in [9.17, 15) is 9.59 Å². The Balaban J connectivity index is 1.50. The molecule has 25 heavy (non-hydrogen) atoms. The Morgan fingerprint density at radius 1 is 1.12 bits per heavy atom. The molecule has 3 rings (SSSR count). The molecule has 0 aromatic heterocycles. The standard InChI is InChI=1S/C20H23N3O2/c21-18-5-2-1-4-16(18)9-12-19(24)22-17-10-7-15(8-11-17)14-23-13-3-6-20(23)25/h1-2,4-5,7-8,10-11H,3,6,9,12-14,21H2,(H,22,24). The quantitative estimate of drug-likeness (QED) is 0.796. The van der Waals surface area contributed by atoms with Crippen molar-refractivity contribution in [3.05, 3.63) is 59.7 Å². The van der Waals surface area contributed by atoms with Gasteiger partial charge in [0.2, 0.25) is 11.8 Å². The van der Waals surface area contributed by atoms with Gasteiger partial charge in [-0.25, -0.2) is 0 Å². The highest BCUT2D eigenvalue weighted by Gasteiger charge is 2.19. The van der Waals surface area contributed by atoms with Gasteiger partial charge in [-0.3, -0.25) is 9.59 Å². The van der Waals surface area contributed by atoms with Crippen molar-refractivity contribution in [2.75, 3.05) is 17.6 Å². The zero-order chi connectivity index (χ0) is 17.6. The summed E-state index contributed by atoms with van der Waals surface area (Å²) in [6.45, 7) is 1.47. The molecule has 0 bridgehead atoms. The topological polar surface area (TPSA) is 75.4 Å². The van der Waals surface area contributed by atoms with E-state index in [2.05, 4.69) is 5.32 Å². The molecule has 0 saturated carbocycles. The Hall–Kier alpha value is -2.82. The molecule has 130 valence electrons. The van der Waals surface area contributed by atoms with Gasteiger partial charge in [-0.05, 0) is 42.2 Å². The third kappa shape index (κ3) is 4.59. The van der Waals surface area contributed by atoms with E-state index in [1.807, 2.05) is 53.4 Å². The SMILES string of the molecule is Nc1ccccc1CCC(=O)Nc1ccc(CN2CCCC2=O)cc1. The van der Waals surface area contributed by atoms with Crippen LogP contribution in [0, 0.1) is 0 Å². The molecule has 1 saturated heterocycles. The van der Waals surface area contributed by atoms with E-state index in [0.717, 1.165) is 35.5 Å². The predicted octanol–water partition coefficient (Wildman–Crippen LogP) is 2.96. The van der Waals surface area contributed by atoms with Gasteiger partial charge in [0.1, 0.15) is 0 Å². The molecule has 0 spiro atoms. The van der Waals surface area contributed by atoms with Crippen LogP contribution in [0.25, 0.3) is 0 Å². The van der Waals surface area contributed by atoms with Gasteiger partial charge >= 0.3 is 0 Å². The van der Waals surface area contributed by atoms with Gasteiger partial charge in [0.05, 0.1) is 0 Å². The largest absolute Gasteiger partial charge is 0.399 e. The second-order valence-electron chi connectivity index (χ2n) is 6.36. The Kier molecular flexibility index (Phi) is 5.33. The summed E-state index contributed by atoms with van der Waals surface area (Å²) in [6, 6.07) is 15.3. The number of anilines is 2.